The summed E-state index contributed by atoms with van der Waals surface area (Å²) in [5, 5.41) is 2.51. The molecule has 168 valence electrons. The van der Waals surface area contributed by atoms with Gasteiger partial charge < -0.3 is 4.74 Å². The Labute approximate surface area is 189 Å². The SMILES string of the molecule is CCCCCCCCCC(=O)OC1C=Cc2c(CCCCCC)ccc3cccc1c23. The first kappa shape index (κ1) is 23.6. The zero-order valence-electron chi connectivity index (χ0n) is 19.6. The second kappa shape index (κ2) is 12.7. The Balaban J connectivity index is 1.60. The van der Waals surface area contributed by atoms with Crippen LogP contribution in [-0.2, 0) is 16.0 Å². The van der Waals surface area contributed by atoms with Crippen LogP contribution in [0.15, 0.2) is 36.4 Å². The number of benzene rings is 2. The van der Waals surface area contributed by atoms with Crippen LogP contribution in [-0.4, -0.2) is 5.97 Å². The van der Waals surface area contributed by atoms with E-state index in [9.17, 15) is 4.79 Å². The Kier molecular flexibility index (Phi) is 9.65. The van der Waals surface area contributed by atoms with Gasteiger partial charge in [-0.1, -0.05) is 108 Å². The summed E-state index contributed by atoms with van der Waals surface area (Å²) in [5.41, 5.74) is 3.88. The molecule has 1 aliphatic rings. The van der Waals surface area contributed by atoms with Gasteiger partial charge in [-0.15, -0.1) is 0 Å². The molecule has 0 N–H and O–H groups in total. The maximum Gasteiger partial charge on any atom is 0.306 e. The summed E-state index contributed by atoms with van der Waals surface area (Å²) >= 11 is 0. The molecule has 0 heterocycles. The van der Waals surface area contributed by atoms with Crippen LogP contribution in [0.2, 0.25) is 0 Å². The normalized spacial score (nSPS) is 14.8. The van der Waals surface area contributed by atoms with Gasteiger partial charge in [-0.2, -0.15) is 0 Å². The minimum absolute atomic E-state index is 0.0700. The number of carbonyl (C=O) groups excluding carboxylic acids is 1. The largest absolute Gasteiger partial charge is 0.453 e. The molecule has 2 aromatic carbocycles. The van der Waals surface area contributed by atoms with Crippen LogP contribution < -0.4 is 0 Å². The van der Waals surface area contributed by atoms with E-state index in [4.69, 9.17) is 4.74 Å². The summed E-state index contributed by atoms with van der Waals surface area (Å²) < 4.78 is 5.91. The van der Waals surface area contributed by atoms with Gasteiger partial charge in [0.2, 0.25) is 0 Å². The van der Waals surface area contributed by atoms with Crippen molar-refractivity contribution in [3.8, 4) is 0 Å². The van der Waals surface area contributed by atoms with E-state index in [1.165, 1.54) is 79.7 Å². The zero-order valence-corrected chi connectivity index (χ0v) is 19.6. The van der Waals surface area contributed by atoms with Crippen molar-refractivity contribution in [2.24, 2.45) is 0 Å². The van der Waals surface area contributed by atoms with Crippen molar-refractivity contribution < 1.29 is 9.53 Å². The quantitative estimate of drug-likeness (QED) is 0.226. The van der Waals surface area contributed by atoms with Crippen molar-refractivity contribution >= 4 is 22.8 Å². The molecule has 31 heavy (non-hydrogen) atoms. The summed E-state index contributed by atoms with van der Waals surface area (Å²) in [6.07, 6.45) is 19.2. The standard InChI is InChI=1S/C29H40O2/c1-3-5-7-9-10-11-13-18-28(30)31-27-22-21-25-23(15-12-8-6-4-2)19-20-24-16-14-17-26(27)29(24)25/h14,16-17,19-22,27H,3-13,15,18H2,1-2H3. The van der Waals surface area contributed by atoms with E-state index in [-0.39, 0.29) is 12.1 Å². The van der Waals surface area contributed by atoms with Crippen LogP contribution in [0.5, 0.6) is 0 Å². The van der Waals surface area contributed by atoms with E-state index < -0.39 is 0 Å². The fourth-order valence-corrected chi connectivity index (χ4v) is 4.68. The van der Waals surface area contributed by atoms with E-state index in [0.29, 0.717) is 6.42 Å². The molecule has 3 rings (SSSR count). The lowest BCUT2D eigenvalue weighted by atomic mass is 9.87. The molecule has 0 saturated carbocycles. The van der Waals surface area contributed by atoms with Gasteiger partial charge in [-0.3, -0.25) is 4.79 Å². The van der Waals surface area contributed by atoms with Gasteiger partial charge >= 0.3 is 5.97 Å². The summed E-state index contributed by atoms with van der Waals surface area (Å²) in [6, 6.07) is 10.9. The molecule has 1 aliphatic carbocycles. The summed E-state index contributed by atoms with van der Waals surface area (Å²) in [4.78, 5) is 12.5. The molecule has 2 nitrogen and oxygen atoms in total. The molecule has 2 heteroatoms. The zero-order chi connectivity index (χ0) is 21.9. The van der Waals surface area contributed by atoms with Crippen molar-refractivity contribution in [3.63, 3.8) is 0 Å². The van der Waals surface area contributed by atoms with Crippen LogP contribution in [0.4, 0.5) is 0 Å². The molecular formula is C29H40O2. The number of hydrogen-bond acceptors (Lipinski definition) is 2. The molecule has 0 spiro atoms. The fourth-order valence-electron chi connectivity index (χ4n) is 4.68. The average molecular weight is 421 g/mol. The number of aryl methyl sites for hydroxylation is 1. The van der Waals surface area contributed by atoms with E-state index in [0.717, 1.165) is 24.8 Å². The Morgan fingerprint density at radius 1 is 0.839 bits per heavy atom. The summed E-state index contributed by atoms with van der Waals surface area (Å²) in [6.45, 7) is 4.49. The molecular weight excluding hydrogens is 380 g/mol. The minimum Gasteiger partial charge on any atom is -0.453 e. The molecule has 0 fully saturated rings. The van der Waals surface area contributed by atoms with Crippen molar-refractivity contribution in [2.75, 3.05) is 0 Å². The van der Waals surface area contributed by atoms with E-state index in [2.05, 4.69) is 56.3 Å². The number of esters is 1. The smallest absolute Gasteiger partial charge is 0.306 e. The van der Waals surface area contributed by atoms with Gasteiger partial charge in [0, 0.05) is 12.0 Å². The lowest BCUT2D eigenvalue weighted by Gasteiger charge is -2.23. The number of rotatable bonds is 14. The fraction of sp³-hybridized carbons (Fsp3) is 0.552. The van der Waals surface area contributed by atoms with E-state index >= 15 is 0 Å². The maximum absolute atomic E-state index is 12.5. The molecule has 2 aromatic rings. The van der Waals surface area contributed by atoms with Gasteiger partial charge in [-0.05, 0) is 47.2 Å². The maximum atomic E-state index is 12.5. The Hall–Kier alpha value is -2.09. The van der Waals surface area contributed by atoms with E-state index in [1.54, 1.807) is 0 Å². The van der Waals surface area contributed by atoms with Crippen LogP contribution in [0.3, 0.4) is 0 Å². The second-order valence-electron chi connectivity index (χ2n) is 9.04. The molecule has 1 unspecified atom stereocenters. The first-order valence-corrected chi connectivity index (χ1v) is 12.7. The van der Waals surface area contributed by atoms with Gasteiger partial charge in [-0.25, -0.2) is 0 Å². The monoisotopic (exact) mass is 420 g/mol. The molecule has 0 bridgehead atoms. The van der Waals surface area contributed by atoms with Gasteiger partial charge in [0.05, 0.1) is 0 Å². The average Bonchev–Trinajstić information content (AvgIpc) is 2.79. The molecule has 0 saturated heterocycles. The summed E-state index contributed by atoms with van der Waals surface area (Å²) in [5.74, 6) is -0.0700. The van der Waals surface area contributed by atoms with Gasteiger partial charge in [0.15, 0.2) is 0 Å². The summed E-state index contributed by atoms with van der Waals surface area (Å²) in [7, 11) is 0. The lowest BCUT2D eigenvalue weighted by Crippen LogP contribution is -2.12. The molecule has 0 aliphatic heterocycles. The number of hydrogen-bond donors (Lipinski definition) is 0. The first-order chi connectivity index (χ1) is 15.2. The van der Waals surface area contributed by atoms with E-state index in [1.807, 2.05) is 0 Å². The Morgan fingerprint density at radius 3 is 2.32 bits per heavy atom. The Bertz CT molecular complexity index is 864. The van der Waals surface area contributed by atoms with Crippen LogP contribution in [0, 0.1) is 0 Å². The van der Waals surface area contributed by atoms with Crippen LogP contribution >= 0.6 is 0 Å². The number of ether oxygens (including phenoxy) is 1. The predicted molar refractivity (Wildman–Crippen MR) is 132 cm³/mol. The van der Waals surface area contributed by atoms with Gasteiger partial charge in [0.25, 0.3) is 0 Å². The van der Waals surface area contributed by atoms with Gasteiger partial charge in [0.1, 0.15) is 6.10 Å². The van der Waals surface area contributed by atoms with Crippen molar-refractivity contribution in [3.05, 3.63) is 53.1 Å². The number of carbonyl (C=O) groups is 1. The minimum atomic E-state index is -0.261. The third-order valence-electron chi connectivity index (χ3n) is 6.50. The third-order valence-corrected chi connectivity index (χ3v) is 6.50. The highest BCUT2D eigenvalue weighted by Gasteiger charge is 2.22. The molecule has 0 aromatic heterocycles. The number of unbranched alkanes of at least 4 members (excludes halogenated alkanes) is 9. The van der Waals surface area contributed by atoms with Crippen molar-refractivity contribution in [1.29, 1.82) is 0 Å². The Morgan fingerprint density at radius 2 is 1.55 bits per heavy atom. The molecule has 1 atom stereocenters. The molecule has 0 amide bonds. The third kappa shape index (κ3) is 6.69. The van der Waals surface area contributed by atoms with Crippen molar-refractivity contribution in [1.82, 2.24) is 0 Å². The first-order valence-electron chi connectivity index (χ1n) is 12.7. The highest BCUT2D eigenvalue weighted by Crippen LogP contribution is 2.37. The molecule has 0 radical (unpaired) electrons. The van der Waals surface area contributed by atoms with Crippen LogP contribution in [0.1, 0.15) is 114 Å². The second-order valence-corrected chi connectivity index (χ2v) is 9.04. The highest BCUT2D eigenvalue weighted by molar-refractivity contribution is 5.97. The topological polar surface area (TPSA) is 26.3 Å². The van der Waals surface area contributed by atoms with Crippen molar-refractivity contribution in [2.45, 2.75) is 103 Å². The highest BCUT2D eigenvalue weighted by atomic mass is 16.5. The predicted octanol–water partition coefficient (Wildman–Crippen LogP) is 8.71. The van der Waals surface area contributed by atoms with Crippen LogP contribution in [0.25, 0.3) is 16.8 Å². The lowest BCUT2D eigenvalue weighted by molar-refractivity contribution is -0.147.